The van der Waals surface area contributed by atoms with Gasteiger partial charge in [-0.05, 0) is 74.4 Å². The SMILES string of the molecule is CCC1CCC(Oc2ccc(S(C)(=O)=O)cc2-c2cc(C)n(O)c3nccc2-3)CC1. The summed E-state index contributed by atoms with van der Waals surface area (Å²) in [6.45, 7) is 4.02. The molecule has 1 fully saturated rings. The Kier molecular flexibility index (Phi) is 5.49. The summed E-state index contributed by atoms with van der Waals surface area (Å²) in [6, 6.07) is 8.70. The Morgan fingerprint density at radius 3 is 2.50 bits per heavy atom. The second kappa shape index (κ2) is 7.95. The Morgan fingerprint density at radius 1 is 1.10 bits per heavy atom. The highest BCUT2D eigenvalue weighted by Gasteiger charge is 2.25. The fourth-order valence-corrected chi connectivity index (χ4v) is 4.98. The molecule has 1 aromatic rings. The molecule has 0 atom stereocenters. The molecule has 2 heterocycles. The van der Waals surface area contributed by atoms with Gasteiger partial charge in [0.15, 0.2) is 15.7 Å². The van der Waals surface area contributed by atoms with E-state index in [1.54, 1.807) is 31.3 Å². The number of nitrogens with zero attached hydrogens (tertiary/aromatic N) is 2. The Hall–Kier alpha value is -2.54. The van der Waals surface area contributed by atoms with Crippen LogP contribution in [0.1, 0.15) is 44.7 Å². The first-order chi connectivity index (χ1) is 14.3. The zero-order chi connectivity index (χ0) is 21.5. The van der Waals surface area contributed by atoms with Crippen LogP contribution in [0.2, 0.25) is 0 Å². The molecule has 7 heteroatoms. The van der Waals surface area contributed by atoms with Gasteiger partial charge in [-0.3, -0.25) is 0 Å². The smallest absolute Gasteiger partial charge is 0.176 e. The maximum absolute atomic E-state index is 12.2. The average molecular weight is 429 g/mol. The summed E-state index contributed by atoms with van der Waals surface area (Å²) >= 11 is 0. The summed E-state index contributed by atoms with van der Waals surface area (Å²) in [4.78, 5) is 4.49. The first-order valence-electron chi connectivity index (χ1n) is 10.5. The van der Waals surface area contributed by atoms with E-state index in [4.69, 9.17) is 4.74 Å². The van der Waals surface area contributed by atoms with Crippen LogP contribution in [-0.4, -0.2) is 35.7 Å². The van der Waals surface area contributed by atoms with E-state index < -0.39 is 9.84 Å². The minimum absolute atomic E-state index is 0.122. The molecule has 0 saturated heterocycles. The molecular weight excluding hydrogens is 400 g/mol. The van der Waals surface area contributed by atoms with Crippen molar-refractivity contribution in [1.29, 1.82) is 0 Å². The molecular formula is C23H28N2O4S. The first kappa shape index (κ1) is 20.7. The van der Waals surface area contributed by atoms with Crippen LogP contribution in [0.5, 0.6) is 5.75 Å². The molecule has 6 nitrogen and oxygen atoms in total. The molecule has 1 N–H and O–H groups in total. The lowest BCUT2D eigenvalue weighted by Crippen LogP contribution is -2.24. The van der Waals surface area contributed by atoms with Crippen molar-refractivity contribution in [3.05, 3.63) is 42.2 Å². The second-order valence-corrected chi connectivity index (χ2v) is 10.3. The molecule has 0 radical (unpaired) electrons. The van der Waals surface area contributed by atoms with Crippen molar-refractivity contribution in [2.45, 2.75) is 57.0 Å². The largest absolute Gasteiger partial charge is 0.490 e. The number of pyridine rings is 1. The van der Waals surface area contributed by atoms with E-state index in [1.165, 1.54) is 12.7 Å². The summed E-state index contributed by atoms with van der Waals surface area (Å²) < 4.78 is 31.9. The third-order valence-electron chi connectivity index (χ3n) is 6.19. The van der Waals surface area contributed by atoms with E-state index in [-0.39, 0.29) is 11.0 Å². The van der Waals surface area contributed by atoms with Crippen LogP contribution in [0.25, 0.3) is 22.5 Å². The molecule has 0 spiro atoms. The van der Waals surface area contributed by atoms with Crippen LogP contribution < -0.4 is 4.74 Å². The number of ether oxygens (including phenoxy) is 1. The van der Waals surface area contributed by atoms with E-state index in [2.05, 4.69) is 11.9 Å². The van der Waals surface area contributed by atoms with Crippen molar-refractivity contribution in [2.24, 2.45) is 5.92 Å². The number of benzene rings is 1. The van der Waals surface area contributed by atoms with Crippen molar-refractivity contribution >= 4 is 9.84 Å². The maximum atomic E-state index is 12.2. The highest BCUT2D eigenvalue weighted by atomic mass is 32.2. The standard InChI is InChI=1S/C23H28N2O4S/c1-4-16-5-7-17(8-6-16)29-22-10-9-18(30(3,27)28)14-21(22)20-13-15(2)25(26)23-19(20)11-12-24-23/h9-14,16-17,26H,4-8H2,1-3H3. The highest BCUT2D eigenvalue weighted by molar-refractivity contribution is 7.90. The zero-order valence-electron chi connectivity index (χ0n) is 17.6. The van der Waals surface area contributed by atoms with E-state index >= 15 is 0 Å². The number of sulfone groups is 1. The lowest BCUT2D eigenvalue weighted by molar-refractivity contribution is 0.130. The average Bonchev–Trinajstić information content (AvgIpc) is 3.21. The van der Waals surface area contributed by atoms with Crippen LogP contribution in [0, 0.1) is 12.8 Å². The molecule has 0 amide bonds. The molecule has 1 aromatic carbocycles. The highest BCUT2D eigenvalue weighted by Crippen LogP contribution is 2.41. The van der Waals surface area contributed by atoms with Crippen LogP contribution in [0.15, 0.2) is 41.4 Å². The summed E-state index contributed by atoms with van der Waals surface area (Å²) in [5, 5.41) is 10.3. The van der Waals surface area contributed by atoms with Crippen LogP contribution >= 0.6 is 0 Å². The van der Waals surface area contributed by atoms with Crippen LogP contribution in [0.4, 0.5) is 0 Å². The maximum Gasteiger partial charge on any atom is 0.176 e. The van der Waals surface area contributed by atoms with E-state index in [9.17, 15) is 13.6 Å². The van der Waals surface area contributed by atoms with Gasteiger partial charge in [-0.1, -0.05) is 13.3 Å². The van der Waals surface area contributed by atoms with Crippen molar-refractivity contribution in [3.8, 4) is 28.3 Å². The summed E-state index contributed by atoms with van der Waals surface area (Å²) in [6.07, 6.45) is 8.48. The van der Waals surface area contributed by atoms with Gasteiger partial charge in [0.1, 0.15) is 5.75 Å². The molecule has 2 aliphatic heterocycles. The Labute approximate surface area is 177 Å². The van der Waals surface area contributed by atoms with Gasteiger partial charge >= 0.3 is 0 Å². The number of rotatable bonds is 5. The van der Waals surface area contributed by atoms with Crippen molar-refractivity contribution in [1.82, 2.24) is 9.71 Å². The van der Waals surface area contributed by atoms with Crippen molar-refractivity contribution in [3.63, 3.8) is 0 Å². The number of hydrogen-bond donors (Lipinski definition) is 1. The van der Waals surface area contributed by atoms with E-state index in [1.807, 2.05) is 12.1 Å². The summed E-state index contributed by atoms with van der Waals surface area (Å²) in [5.74, 6) is 1.87. The van der Waals surface area contributed by atoms with Gasteiger partial charge < -0.3 is 9.94 Å². The fraction of sp³-hybridized carbons (Fsp3) is 0.435. The second-order valence-electron chi connectivity index (χ2n) is 8.29. The third-order valence-corrected chi connectivity index (χ3v) is 7.30. The van der Waals surface area contributed by atoms with Gasteiger partial charge in [0.2, 0.25) is 0 Å². The molecule has 160 valence electrons. The van der Waals surface area contributed by atoms with Crippen molar-refractivity contribution < 1.29 is 18.4 Å². The first-order valence-corrected chi connectivity index (χ1v) is 12.3. The molecule has 3 aliphatic rings. The lowest BCUT2D eigenvalue weighted by atomic mass is 9.86. The summed E-state index contributed by atoms with van der Waals surface area (Å²) in [5.41, 5.74) is 2.86. The number of fused-ring (bicyclic) bond motifs is 1. The zero-order valence-corrected chi connectivity index (χ0v) is 18.4. The minimum Gasteiger partial charge on any atom is -0.490 e. The van der Waals surface area contributed by atoms with Gasteiger partial charge in [-0.25, -0.2) is 13.4 Å². The molecule has 0 bridgehead atoms. The molecule has 30 heavy (non-hydrogen) atoms. The van der Waals surface area contributed by atoms with E-state index in [0.717, 1.165) is 47.5 Å². The van der Waals surface area contributed by atoms with Gasteiger partial charge in [0, 0.05) is 23.6 Å². The summed E-state index contributed by atoms with van der Waals surface area (Å²) in [7, 11) is -3.38. The molecule has 1 saturated carbocycles. The fourth-order valence-electron chi connectivity index (χ4n) is 4.33. The topological polar surface area (TPSA) is 81.4 Å². The van der Waals surface area contributed by atoms with Gasteiger partial charge in [0.25, 0.3) is 0 Å². The predicted octanol–water partition coefficient (Wildman–Crippen LogP) is 4.95. The number of aryl methyl sites for hydroxylation is 1. The molecule has 1 aliphatic carbocycles. The lowest BCUT2D eigenvalue weighted by Gasteiger charge is -2.29. The Bertz CT molecular complexity index is 1130. The van der Waals surface area contributed by atoms with Crippen LogP contribution in [-0.2, 0) is 9.84 Å². The van der Waals surface area contributed by atoms with Crippen molar-refractivity contribution in [2.75, 3.05) is 6.26 Å². The van der Waals surface area contributed by atoms with E-state index in [0.29, 0.717) is 22.8 Å². The van der Waals surface area contributed by atoms with Gasteiger partial charge in [-0.15, -0.1) is 0 Å². The quantitative estimate of drug-likeness (QED) is 0.582. The van der Waals surface area contributed by atoms with Gasteiger partial charge in [0.05, 0.1) is 16.7 Å². The van der Waals surface area contributed by atoms with Crippen LogP contribution in [0.3, 0.4) is 0 Å². The Morgan fingerprint density at radius 2 is 1.83 bits per heavy atom. The van der Waals surface area contributed by atoms with Gasteiger partial charge in [-0.2, -0.15) is 4.73 Å². The number of hydrogen-bond acceptors (Lipinski definition) is 5. The normalized spacial score (nSPS) is 19.8. The number of aromatic nitrogens is 2. The Balaban J connectivity index is 1.80. The monoisotopic (exact) mass is 428 g/mol. The predicted molar refractivity (Wildman–Crippen MR) is 116 cm³/mol. The minimum atomic E-state index is -3.38. The molecule has 0 aromatic heterocycles. The molecule has 0 unspecified atom stereocenters. The third kappa shape index (κ3) is 3.90. The molecule has 4 rings (SSSR count).